The molecule has 0 aromatic heterocycles. The summed E-state index contributed by atoms with van der Waals surface area (Å²) in [5, 5.41) is 2.56. The number of hydrogen-bond donors (Lipinski definition) is 2. The van der Waals surface area contributed by atoms with Crippen molar-refractivity contribution in [2.75, 3.05) is 27.7 Å². The third kappa shape index (κ3) is 5.34. The third-order valence-corrected chi connectivity index (χ3v) is 3.01. The van der Waals surface area contributed by atoms with E-state index < -0.39 is 6.10 Å². The highest BCUT2D eigenvalue weighted by molar-refractivity contribution is 5.93. The van der Waals surface area contributed by atoms with Gasteiger partial charge in [0, 0.05) is 39.9 Å². The summed E-state index contributed by atoms with van der Waals surface area (Å²) in [4.78, 5) is 25.0. The van der Waals surface area contributed by atoms with Crippen LogP contribution in [-0.4, -0.2) is 50.6 Å². The van der Waals surface area contributed by atoms with Crippen molar-refractivity contribution in [3.8, 4) is 0 Å². The fourth-order valence-corrected chi connectivity index (χ4v) is 1.80. The standard InChI is InChI=1S/C14H21N3O3.ClH/c1-16-13(18)11-6-4-10(5-7-11)9-17(2)14(19)12(8-15)20-3;/h4-7,12H,8-9,15H2,1-3H3,(H,16,18);1H. The molecule has 0 aliphatic heterocycles. The molecule has 1 rings (SSSR count). The number of carbonyl (C=O) groups is 2. The normalized spacial score (nSPS) is 11.2. The van der Waals surface area contributed by atoms with Crippen molar-refractivity contribution in [1.82, 2.24) is 10.2 Å². The zero-order valence-corrected chi connectivity index (χ0v) is 13.3. The Morgan fingerprint density at radius 1 is 1.33 bits per heavy atom. The van der Waals surface area contributed by atoms with Gasteiger partial charge in [0.1, 0.15) is 6.10 Å². The fraction of sp³-hybridized carbons (Fsp3) is 0.429. The van der Waals surface area contributed by atoms with Gasteiger partial charge in [-0.1, -0.05) is 12.1 Å². The molecule has 0 bridgehead atoms. The molecule has 0 fully saturated rings. The summed E-state index contributed by atoms with van der Waals surface area (Å²) >= 11 is 0. The van der Waals surface area contributed by atoms with Crippen molar-refractivity contribution in [3.05, 3.63) is 35.4 Å². The number of likely N-dealkylation sites (N-methyl/N-ethyl adjacent to an activating group) is 1. The van der Waals surface area contributed by atoms with Crippen molar-refractivity contribution >= 4 is 24.2 Å². The van der Waals surface area contributed by atoms with E-state index in [1.54, 1.807) is 31.1 Å². The number of amides is 2. The summed E-state index contributed by atoms with van der Waals surface area (Å²) in [5.41, 5.74) is 6.98. The number of ether oxygens (including phenoxy) is 1. The predicted octanol–water partition coefficient (Wildman–Crippen LogP) is 0.400. The van der Waals surface area contributed by atoms with Gasteiger partial charge in [-0.25, -0.2) is 0 Å². The van der Waals surface area contributed by atoms with Crippen LogP contribution in [-0.2, 0) is 16.1 Å². The molecule has 0 spiro atoms. The molecule has 0 saturated carbocycles. The summed E-state index contributed by atoms with van der Waals surface area (Å²) in [6.45, 7) is 0.585. The highest BCUT2D eigenvalue weighted by atomic mass is 35.5. The molecule has 6 nitrogen and oxygen atoms in total. The van der Waals surface area contributed by atoms with Crippen LogP contribution < -0.4 is 11.1 Å². The molecule has 1 aromatic rings. The number of hydrogen-bond acceptors (Lipinski definition) is 4. The van der Waals surface area contributed by atoms with Crippen LogP contribution in [0.15, 0.2) is 24.3 Å². The predicted molar refractivity (Wildman–Crippen MR) is 83.4 cm³/mol. The van der Waals surface area contributed by atoms with Gasteiger partial charge in [0.05, 0.1) is 0 Å². The van der Waals surface area contributed by atoms with Crippen molar-refractivity contribution in [2.45, 2.75) is 12.6 Å². The molecule has 0 heterocycles. The maximum Gasteiger partial charge on any atom is 0.253 e. The Hall–Kier alpha value is -1.63. The van der Waals surface area contributed by atoms with Crippen molar-refractivity contribution in [1.29, 1.82) is 0 Å². The molecule has 1 aromatic carbocycles. The fourth-order valence-electron chi connectivity index (χ4n) is 1.80. The van der Waals surface area contributed by atoms with E-state index in [2.05, 4.69) is 5.32 Å². The number of methoxy groups -OCH3 is 1. The molecular formula is C14H22ClN3O3. The lowest BCUT2D eigenvalue weighted by Gasteiger charge is -2.22. The maximum atomic E-state index is 12.0. The van der Waals surface area contributed by atoms with Crippen LogP contribution in [0.3, 0.4) is 0 Å². The smallest absolute Gasteiger partial charge is 0.253 e. The van der Waals surface area contributed by atoms with E-state index >= 15 is 0 Å². The Balaban J connectivity index is 0.00000400. The van der Waals surface area contributed by atoms with Gasteiger partial charge >= 0.3 is 0 Å². The summed E-state index contributed by atoms with van der Waals surface area (Å²) in [6.07, 6.45) is -0.620. The Kier molecular flexibility index (Phi) is 8.61. The summed E-state index contributed by atoms with van der Waals surface area (Å²) in [5.74, 6) is -0.297. The molecule has 118 valence electrons. The van der Waals surface area contributed by atoms with Gasteiger partial charge in [-0.15, -0.1) is 12.4 Å². The number of benzene rings is 1. The molecule has 2 amide bonds. The van der Waals surface area contributed by atoms with Gasteiger partial charge in [-0.3, -0.25) is 9.59 Å². The lowest BCUT2D eigenvalue weighted by atomic mass is 10.1. The molecule has 0 saturated heterocycles. The van der Waals surface area contributed by atoms with Gasteiger partial charge in [-0.05, 0) is 17.7 Å². The first-order valence-electron chi connectivity index (χ1n) is 6.32. The molecule has 7 heteroatoms. The van der Waals surface area contributed by atoms with E-state index in [-0.39, 0.29) is 30.8 Å². The molecule has 1 atom stereocenters. The van der Waals surface area contributed by atoms with Gasteiger partial charge in [0.25, 0.3) is 11.8 Å². The lowest BCUT2D eigenvalue weighted by Crippen LogP contribution is -2.41. The van der Waals surface area contributed by atoms with E-state index in [0.29, 0.717) is 12.1 Å². The Labute approximate surface area is 131 Å². The maximum absolute atomic E-state index is 12.0. The zero-order valence-electron chi connectivity index (χ0n) is 12.5. The Bertz CT molecular complexity index is 461. The van der Waals surface area contributed by atoms with Crippen LogP contribution >= 0.6 is 12.4 Å². The van der Waals surface area contributed by atoms with Crippen molar-refractivity contribution in [2.24, 2.45) is 5.73 Å². The molecular weight excluding hydrogens is 294 g/mol. The minimum Gasteiger partial charge on any atom is -0.370 e. The Morgan fingerprint density at radius 3 is 2.33 bits per heavy atom. The van der Waals surface area contributed by atoms with E-state index in [9.17, 15) is 9.59 Å². The monoisotopic (exact) mass is 315 g/mol. The summed E-state index contributed by atoms with van der Waals surface area (Å²) in [6, 6.07) is 7.09. The second-order valence-corrected chi connectivity index (χ2v) is 4.43. The highest BCUT2D eigenvalue weighted by Crippen LogP contribution is 2.08. The second-order valence-electron chi connectivity index (χ2n) is 4.43. The molecule has 3 N–H and O–H groups in total. The first-order valence-corrected chi connectivity index (χ1v) is 6.32. The van der Waals surface area contributed by atoms with Gasteiger partial charge in [0.15, 0.2) is 0 Å². The number of nitrogens with one attached hydrogen (secondary N) is 1. The van der Waals surface area contributed by atoms with Gasteiger partial charge in [-0.2, -0.15) is 0 Å². The molecule has 0 radical (unpaired) electrons. The largest absolute Gasteiger partial charge is 0.370 e. The molecule has 0 aliphatic rings. The first-order chi connectivity index (χ1) is 9.53. The highest BCUT2D eigenvalue weighted by Gasteiger charge is 2.20. The van der Waals surface area contributed by atoms with E-state index in [0.717, 1.165) is 5.56 Å². The average molecular weight is 316 g/mol. The van der Waals surface area contributed by atoms with Crippen LogP contribution in [0.25, 0.3) is 0 Å². The van der Waals surface area contributed by atoms with Crippen LogP contribution in [0.1, 0.15) is 15.9 Å². The molecule has 21 heavy (non-hydrogen) atoms. The quantitative estimate of drug-likeness (QED) is 0.796. The second kappa shape index (κ2) is 9.33. The minimum atomic E-state index is -0.620. The van der Waals surface area contributed by atoms with Crippen LogP contribution in [0.2, 0.25) is 0 Å². The third-order valence-electron chi connectivity index (χ3n) is 3.01. The zero-order chi connectivity index (χ0) is 15.1. The lowest BCUT2D eigenvalue weighted by molar-refractivity contribution is -0.140. The molecule has 0 aliphatic carbocycles. The SMILES string of the molecule is CNC(=O)c1ccc(CN(C)C(=O)C(CN)OC)cc1.Cl. The van der Waals surface area contributed by atoms with Gasteiger partial charge < -0.3 is 20.7 Å². The average Bonchev–Trinajstić information content (AvgIpc) is 2.48. The summed E-state index contributed by atoms with van der Waals surface area (Å²) in [7, 11) is 4.73. The van der Waals surface area contributed by atoms with E-state index in [1.807, 2.05) is 12.1 Å². The van der Waals surface area contributed by atoms with E-state index in [4.69, 9.17) is 10.5 Å². The Morgan fingerprint density at radius 2 is 1.90 bits per heavy atom. The topological polar surface area (TPSA) is 84.7 Å². The number of halogens is 1. The van der Waals surface area contributed by atoms with E-state index in [1.165, 1.54) is 7.11 Å². The van der Waals surface area contributed by atoms with Crippen LogP contribution in [0.5, 0.6) is 0 Å². The van der Waals surface area contributed by atoms with Crippen molar-refractivity contribution in [3.63, 3.8) is 0 Å². The first kappa shape index (κ1) is 19.4. The minimum absolute atomic E-state index is 0. The van der Waals surface area contributed by atoms with Crippen LogP contribution in [0.4, 0.5) is 0 Å². The number of rotatable bonds is 6. The summed E-state index contributed by atoms with van der Waals surface area (Å²) < 4.78 is 5.02. The van der Waals surface area contributed by atoms with Gasteiger partial charge in [0.2, 0.25) is 0 Å². The number of carbonyl (C=O) groups excluding carboxylic acids is 2. The number of nitrogens with zero attached hydrogens (tertiary/aromatic N) is 1. The van der Waals surface area contributed by atoms with Crippen LogP contribution in [0, 0.1) is 0 Å². The molecule has 1 unspecified atom stereocenters. The van der Waals surface area contributed by atoms with Crippen molar-refractivity contribution < 1.29 is 14.3 Å². The number of nitrogens with two attached hydrogens (primary N) is 1.